The minimum absolute atomic E-state index is 0.0366. The Labute approximate surface area is 229 Å². The van der Waals surface area contributed by atoms with Gasteiger partial charge in [-0.15, -0.1) is 0 Å². The zero-order valence-electron chi connectivity index (χ0n) is 21.7. The lowest BCUT2D eigenvalue weighted by atomic mass is 10.0. The standard InChI is InChI=1S/C25H34N10O5/c26-17(8-14-10-31-18-5-2-1-4-16(14)18)22(38)35-20(9-15-11-29-13-33-15)24(40)34-19(6-3-7-30-25(27)28)23(39)32-12-21(36)37/h1-2,4-5,10-11,13,17,19-20,31H,3,6-9,12,26H2,(H,29,33)(H,32,39)(H,34,40)(H,35,38)(H,36,37)(H4,27,28,30). The highest BCUT2D eigenvalue weighted by molar-refractivity contribution is 5.94. The van der Waals surface area contributed by atoms with E-state index < -0.39 is 48.4 Å². The summed E-state index contributed by atoms with van der Waals surface area (Å²) in [5.41, 5.74) is 19.2. The first-order valence-corrected chi connectivity index (χ1v) is 12.6. The van der Waals surface area contributed by atoms with Gasteiger partial charge in [0.2, 0.25) is 17.7 Å². The fourth-order valence-corrected chi connectivity index (χ4v) is 4.07. The van der Waals surface area contributed by atoms with Gasteiger partial charge in [-0.25, -0.2) is 4.98 Å². The first kappa shape index (κ1) is 29.6. The Morgan fingerprint density at radius 1 is 1.00 bits per heavy atom. The molecule has 0 spiro atoms. The summed E-state index contributed by atoms with van der Waals surface area (Å²) in [7, 11) is 0. The number of hydrogen-bond acceptors (Lipinski definition) is 7. The van der Waals surface area contributed by atoms with Gasteiger partial charge in [-0.1, -0.05) is 18.2 Å². The zero-order valence-corrected chi connectivity index (χ0v) is 21.7. The van der Waals surface area contributed by atoms with E-state index >= 15 is 0 Å². The summed E-state index contributed by atoms with van der Waals surface area (Å²) in [6, 6.07) is 4.42. The van der Waals surface area contributed by atoms with Crippen LogP contribution in [0.2, 0.25) is 0 Å². The lowest BCUT2D eigenvalue weighted by molar-refractivity contribution is -0.138. The maximum atomic E-state index is 13.3. The number of benzene rings is 1. The van der Waals surface area contributed by atoms with Crippen molar-refractivity contribution in [3.05, 3.63) is 54.2 Å². The summed E-state index contributed by atoms with van der Waals surface area (Å²) in [5, 5.41) is 17.4. The van der Waals surface area contributed by atoms with E-state index in [-0.39, 0.29) is 31.8 Å². The van der Waals surface area contributed by atoms with Gasteiger partial charge in [0.15, 0.2) is 5.96 Å². The highest BCUT2D eigenvalue weighted by Crippen LogP contribution is 2.18. The van der Waals surface area contributed by atoms with E-state index in [0.717, 1.165) is 16.5 Å². The second-order valence-corrected chi connectivity index (χ2v) is 9.13. The van der Waals surface area contributed by atoms with Crippen LogP contribution < -0.4 is 33.2 Å². The van der Waals surface area contributed by atoms with E-state index in [9.17, 15) is 19.2 Å². The summed E-state index contributed by atoms with van der Waals surface area (Å²) in [5.74, 6) is -3.30. The molecule has 214 valence electrons. The number of aliphatic imine (C=N–C) groups is 1. The average Bonchev–Trinajstić information content (AvgIpc) is 3.58. The van der Waals surface area contributed by atoms with Gasteiger partial charge in [-0.05, 0) is 30.9 Å². The summed E-state index contributed by atoms with van der Waals surface area (Å²) in [6.07, 6.45) is 5.41. The molecule has 0 radical (unpaired) electrons. The topological polar surface area (TPSA) is 259 Å². The molecule has 0 saturated carbocycles. The van der Waals surface area contributed by atoms with Gasteiger partial charge in [0.25, 0.3) is 0 Å². The normalized spacial score (nSPS) is 13.1. The van der Waals surface area contributed by atoms with E-state index in [1.807, 2.05) is 24.3 Å². The molecule has 40 heavy (non-hydrogen) atoms. The Hall–Kier alpha value is -4.92. The van der Waals surface area contributed by atoms with Gasteiger partial charge in [-0.3, -0.25) is 24.2 Å². The van der Waals surface area contributed by atoms with Crippen LogP contribution >= 0.6 is 0 Å². The molecule has 0 fully saturated rings. The van der Waals surface area contributed by atoms with E-state index in [2.05, 4.69) is 35.9 Å². The van der Waals surface area contributed by atoms with Crippen LogP contribution in [0, 0.1) is 0 Å². The monoisotopic (exact) mass is 554 g/mol. The van der Waals surface area contributed by atoms with Crippen molar-refractivity contribution in [3.63, 3.8) is 0 Å². The number of aromatic nitrogens is 3. The molecule has 0 aliphatic rings. The van der Waals surface area contributed by atoms with Crippen molar-refractivity contribution in [2.45, 2.75) is 43.8 Å². The Morgan fingerprint density at radius 3 is 2.45 bits per heavy atom. The van der Waals surface area contributed by atoms with Crippen LogP contribution in [0.25, 0.3) is 10.9 Å². The van der Waals surface area contributed by atoms with Crippen molar-refractivity contribution in [2.75, 3.05) is 13.1 Å². The number of hydrogen-bond donors (Lipinski definition) is 9. The van der Waals surface area contributed by atoms with Gasteiger partial charge in [0.1, 0.15) is 18.6 Å². The highest BCUT2D eigenvalue weighted by Gasteiger charge is 2.29. The number of fused-ring (bicyclic) bond motifs is 1. The number of para-hydroxylation sites is 1. The van der Waals surface area contributed by atoms with E-state index in [1.165, 1.54) is 12.5 Å². The second-order valence-electron chi connectivity index (χ2n) is 9.13. The largest absolute Gasteiger partial charge is 0.480 e. The van der Waals surface area contributed by atoms with Crippen LogP contribution in [0.15, 0.2) is 48.0 Å². The molecule has 2 heterocycles. The number of aliphatic carboxylic acids is 1. The van der Waals surface area contributed by atoms with Crippen molar-refractivity contribution in [2.24, 2.45) is 22.2 Å². The average molecular weight is 555 g/mol. The van der Waals surface area contributed by atoms with E-state index in [1.54, 1.807) is 6.20 Å². The molecular formula is C25H34N10O5. The van der Waals surface area contributed by atoms with Crippen molar-refractivity contribution in [1.29, 1.82) is 0 Å². The highest BCUT2D eigenvalue weighted by atomic mass is 16.4. The number of nitrogens with zero attached hydrogens (tertiary/aromatic N) is 2. The quantitative estimate of drug-likeness (QED) is 0.0584. The summed E-state index contributed by atoms with van der Waals surface area (Å²) >= 11 is 0. The molecule has 12 N–H and O–H groups in total. The molecule has 0 aliphatic carbocycles. The number of carboxylic acid groups (broad SMARTS) is 1. The number of carbonyl (C=O) groups excluding carboxylic acids is 3. The first-order valence-electron chi connectivity index (χ1n) is 12.6. The van der Waals surface area contributed by atoms with Gasteiger partial charge in [0.05, 0.1) is 12.4 Å². The number of imidazole rings is 1. The number of rotatable bonds is 15. The van der Waals surface area contributed by atoms with Gasteiger partial charge in [-0.2, -0.15) is 0 Å². The predicted molar refractivity (Wildman–Crippen MR) is 147 cm³/mol. The number of nitrogens with two attached hydrogens (primary N) is 3. The summed E-state index contributed by atoms with van der Waals surface area (Å²) < 4.78 is 0. The Morgan fingerprint density at radius 2 is 1.75 bits per heavy atom. The van der Waals surface area contributed by atoms with Gasteiger partial charge < -0.3 is 48.2 Å². The van der Waals surface area contributed by atoms with E-state index in [4.69, 9.17) is 22.3 Å². The van der Waals surface area contributed by atoms with Crippen molar-refractivity contribution in [3.8, 4) is 0 Å². The van der Waals surface area contributed by atoms with Crippen LogP contribution in [0.4, 0.5) is 0 Å². The Balaban J connectivity index is 1.71. The molecule has 2 aromatic heterocycles. The minimum atomic E-state index is -1.24. The molecule has 3 unspecified atom stereocenters. The van der Waals surface area contributed by atoms with Crippen molar-refractivity contribution in [1.82, 2.24) is 30.9 Å². The fourth-order valence-electron chi connectivity index (χ4n) is 4.07. The maximum absolute atomic E-state index is 13.3. The molecular weight excluding hydrogens is 520 g/mol. The van der Waals surface area contributed by atoms with Crippen LogP contribution in [-0.4, -0.2) is 80.9 Å². The zero-order chi connectivity index (χ0) is 29.1. The Bertz CT molecular complexity index is 1330. The van der Waals surface area contributed by atoms with Crippen molar-refractivity contribution >= 4 is 40.6 Å². The molecule has 3 rings (SSSR count). The van der Waals surface area contributed by atoms with Crippen LogP contribution in [0.3, 0.4) is 0 Å². The number of H-pyrrole nitrogens is 2. The number of aromatic amines is 2. The minimum Gasteiger partial charge on any atom is -0.480 e. The number of amides is 3. The lowest BCUT2D eigenvalue weighted by Crippen LogP contribution is -2.57. The molecule has 15 nitrogen and oxygen atoms in total. The second kappa shape index (κ2) is 14.3. The molecule has 15 heteroatoms. The summed E-state index contributed by atoms with van der Waals surface area (Å²) in [6.45, 7) is -0.436. The SMILES string of the molecule is NC(N)=NCCCC(NC(=O)C(Cc1cnc[nH]1)NC(=O)C(N)Cc1c[nH]c2ccccc12)C(=O)NCC(=O)O. The predicted octanol–water partition coefficient (Wildman–Crippen LogP) is -1.77. The van der Waals surface area contributed by atoms with Crippen LogP contribution in [0.1, 0.15) is 24.1 Å². The third kappa shape index (κ3) is 8.83. The third-order valence-electron chi connectivity index (χ3n) is 6.06. The lowest BCUT2D eigenvalue weighted by Gasteiger charge is -2.24. The number of carboxylic acids is 1. The number of guanidine groups is 1. The fraction of sp³-hybridized carbons (Fsp3) is 0.360. The number of nitrogens with one attached hydrogen (secondary N) is 5. The van der Waals surface area contributed by atoms with E-state index in [0.29, 0.717) is 12.1 Å². The smallest absolute Gasteiger partial charge is 0.322 e. The first-order chi connectivity index (χ1) is 19.1. The molecule has 3 aromatic rings. The molecule has 0 aliphatic heterocycles. The molecule has 0 bridgehead atoms. The molecule has 3 amide bonds. The number of carbonyl (C=O) groups is 4. The molecule has 1 aromatic carbocycles. The van der Waals surface area contributed by atoms with Gasteiger partial charge in [0, 0.05) is 42.0 Å². The van der Waals surface area contributed by atoms with Gasteiger partial charge >= 0.3 is 5.97 Å². The van der Waals surface area contributed by atoms with Crippen LogP contribution in [-0.2, 0) is 32.0 Å². The molecule has 0 saturated heterocycles. The third-order valence-corrected chi connectivity index (χ3v) is 6.06. The molecule has 3 atom stereocenters. The Kier molecular flexibility index (Phi) is 10.6. The maximum Gasteiger partial charge on any atom is 0.322 e. The van der Waals surface area contributed by atoms with Crippen molar-refractivity contribution < 1.29 is 24.3 Å². The van der Waals surface area contributed by atoms with Crippen LogP contribution in [0.5, 0.6) is 0 Å². The summed E-state index contributed by atoms with van der Waals surface area (Å²) in [4.78, 5) is 63.8.